The molecule has 1 aliphatic rings. The number of rotatable bonds is 7. The van der Waals surface area contributed by atoms with Gasteiger partial charge in [0.25, 0.3) is 0 Å². The smallest absolute Gasteiger partial charge is 0.0949 e. The Balaban J connectivity index is 1.85. The van der Waals surface area contributed by atoms with E-state index in [2.05, 4.69) is 26.8 Å². The van der Waals surface area contributed by atoms with Gasteiger partial charge in [-0.3, -0.25) is 0 Å². The van der Waals surface area contributed by atoms with Crippen molar-refractivity contribution in [3.05, 3.63) is 18.2 Å². The third-order valence-corrected chi connectivity index (χ3v) is 3.81. The lowest BCUT2D eigenvalue weighted by molar-refractivity contribution is 0.159. The molecular weight excluding hydrogens is 240 g/mol. The summed E-state index contributed by atoms with van der Waals surface area (Å²) in [6.45, 7) is 4.91. The zero-order chi connectivity index (χ0) is 13.5. The van der Waals surface area contributed by atoms with Crippen molar-refractivity contribution >= 4 is 0 Å². The number of imidazole rings is 1. The average molecular weight is 266 g/mol. The van der Waals surface area contributed by atoms with Crippen molar-refractivity contribution in [1.82, 2.24) is 19.8 Å². The molecule has 1 unspecified atom stereocenters. The van der Waals surface area contributed by atoms with Crippen LogP contribution in [0.25, 0.3) is 0 Å². The third kappa shape index (κ3) is 4.30. The Kier molecular flexibility index (Phi) is 5.82. The highest BCUT2D eigenvalue weighted by Gasteiger charge is 2.18. The summed E-state index contributed by atoms with van der Waals surface area (Å²) in [6.07, 6.45) is 7.81. The fraction of sp³-hybridized carbons (Fsp3) is 0.786. The summed E-state index contributed by atoms with van der Waals surface area (Å²) >= 11 is 0. The second kappa shape index (κ2) is 7.62. The molecule has 0 bridgehead atoms. The standard InChI is InChI=1S/C14H26N4O/c1-17(9-10-19-2)7-8-18-12-15-11-14(18)13-5-3-4-6-16-13/h11-13,16H,3-10H2,1-2H3. The molecule has 2 heterocycles. The first-order valence-electron chi connectivity index (χ1n) is 7.22. The van der Waals surface area contributed by atoms with Crippen molar-refractivity contribution in [1.29, 1.82) is 0 Å². The van der Waals surface area contributed by atoms with Crippen LogP contribution in [0.15, 0.2) is 12.5 Å². The Hall–Kier alpha value is -0.910. The van der Waals surface area contributed by atoms with Crippen LogP contribution in [0.2, 0.25) is 0 Å². The van der Waals surface area contributed by atoms with Crippen molar-refractivity contribution in [2.75, 3.05) is 40.4 Å². The van der Waals surface area contributed by atoms with Crippen LogP contribution in [0.4, 0.5) is 0 Å². The van der Waals surface area contributed by atoms with Gasteiger partial charge < -0.3 is 19.5 Å². The quantitative estimate of drug-likeness (QED) is 0.807. The van der Waals surface area contributed by atoms with E-state index < -0.39 is 0 Å². The summed E-state index contributed by atoms with van der Waals surface area (Å²) in [6, 6.07) is 0.487. The summed E-state index contributed by atoms with van der Waals surface area (Å²) in [5.74, 6) is 0. The van der Waals surface area contributed by atoms with Crippen LogP contribution in [0, 0.1) is 0 Å². The fourth-order valence-electron chi connectivity index (χ4n) is 2.55. The maximum Gasteiger partial charge on any atom is 0.0949 e. The fourth-order valence-corrected chi connectivity index (χ4v) is 2.55. The SMILES string of the molecule is COCCN(C)CCn1cncc1C1CCCCN1. The van der Waals surface area contributed by atoms with Crippen molar-refractivity contribution in [3.63, 3.8) is 0 Å². The first kappa shape index (κ1) is 14.5. The van der Waals surface area contributed by atoms with E-state index in [0.717, 1.165) is 32.8 Å². The van der Waals surface area contributed by atoms with Crippen molar-refractivity contribution in [2.24, 2.45) is 0 Å². The number of nitrogens with one attached hydrogen (secondary N) is 1. The molecule has 0 radical (unpaired) electrons. The van der Waals surface area contributed by atoms with E-state index in [-0.39, 0.29) is 0 Å². The highest BCUT2D eigenvalue weighted by atomic mass is 16.5. The molecule has 2 rings (SSSR count). The Bertz CT molecular complexity index is 360. The van der Waals surface area contributed by atoms with Gasteiger partial charge in [-0.25, -0.2) is 4.98 Å². The van der Waals surface area contributed by atoms with Gasteiger partial charge in [0.15, 0.2) is 0 Å². The van der Waals surface area contributed by atoms with Crippen LogP contribution in [0.5, 0.6) is 0 Å². The predicted molar refractivity (Wildman–Crippen MR) is 76.2 cm³/mol. The second-order valence-corrected chi connectivity index (χ2v) is 5.31. The van der Waals surface area contributed by atoms with Gasteiger partial charge in [0.05, 0.1) is 18.6 Å². The number of likely N-dealkylation sites (N-methyl/N-ethyl adjacent to an activating group) is 1. The lowest BCUT2D eigenvalue weighted by Crippen LogP contribution is -2.30. The molecule has 0 spiro atoms. The molecule has 1 aliphatic heterocycles. The summed E-state index contributed by atoms with van der Waals surface area (Å²) in [7, 11) is 3.88. The molecule has 5 nitrogen and oxygen atoms in total. The van der Waals surface area contributed by atoms with E-state index in [1.54, 1.807) is 7.11 Å². The Morgan fingerprint density at radius 3 is 3.11 bits per heavy atom. The first-order valence-corrected chi connectivity index (χ1v) is 7.22. The Labute approximate surface area is 116 Å². The molecule has 108 valence electrons. The van der Waals surface area contributed by atoms with Gasteiger partial charge in [-0.15, -0.1) is 0 Å². The van der Waals surface area contributed by atoms with Gasteiger partial charge in [-0.1, -0.05) is 6.42 Å². The van der Waals surface area contributed by atoms with Gasteiger partial charge in [0.2, 0.25) is 0 Å². The molecular formula is C14H26N4O. The van der Waals surface area contributed by atoms with Gasteiger partial charge >= 0.3 is 0 Å². The molecule has 1 fully saturated rings. The van der Waals surface area contributed by atoms with Crippen molar-refractivity contribution in [3.8, 4) is 0 Å². The van der Waals surface area contributed by atoms with Crippen LogP contribution >= 0.6 is 0 Å². The molecule has 1 saturated heterocycles. The molecule has 0 amide bonds. The highest BCUT2D eigenvalue weighted by Crippen LogP contribution is 2.22. The van der Waals surface area contributed by atoms with Gasteiger partial charge in [-0.05, 0) is 26.4 Å². The molecule has 1 aromatic heterocycles. The van der Waals surface area contributed by atoms with Crippen LogP contribution in [0.3, 0.4) is 0 Å². The summed E-state index contributed by atoms with van der Waals surface area (Å²) in [4.78, 5) is 6.61. The van der Waals surface area contributed by atoms with Crippen LogP contribution < -0.4 is 5.32 Å². The molecule has 1 aromatic rings. The van der Waals surface area contributed by atoms with E-state index in [9.17, 15) is 0 Å². The van der Waals surface area contributed by atoms with Crippen molar-refractivity contribution in [2.45, 2.75) is 31.8 Å². The second-order valence-electron chi connectivity index (χ2n) is 5.31. The zero-order valence-corrected chi connectivity index (χ0v) is 12.1. The molecule has 5 heteroatoms. The van der Waals surface area contributed by atoms with E-state index in [0.29, 0.717) is 6.04 Å². The highest BCUT2D eigenvalue weighted by molar-refractivity contribution is 5.06. The van der Waals surface area contributed by atoms with E-state index in [1.165, 1.54) is 25.0 Å². The third-order valence-electron chi connectivity index (χ3n) is 3.81. The lowest BCUT2D eigenvalue weighted by Gasteiger charge is -2.25. The maximum absolute atomic E-state index is 5.10. The van der Waals surface area contributed by atoms with E-state index in [1.807, 2.05) is 12.5 Å². The van der Waals surface area contributed by atoms with Gasteiger partial charge in [0.1, 0.15) is 0 Å². The minimum atomic E-state index is 0.487. The maximum atomic E-state index is 5.10. The minimum Gasteiger partial charge on any atom is -0.383 e. The number of aromatic nitrogens is 2. The summed E-state index contributed by atoms with van der Waals surface area (Å²) in [5.41, 5.74) is 1.33. The number of nitrogens with zero attached hydrogens (tertiary/aromatic N) is 3. The zero-order valence-electron chi connectivity index (χ0n) is 12.1. The van der Waals surface area contributed by atoms with Gasteiger partial charge in [-0.2, -0.15) is 0 Å². The molecule has 19 heavy (non-hydrogen) atoms. The molecule has 0 aromatic carbocycles. The molecule has 0 saturated carbocycles. The van der Waals surface area contributed by atoms with Crippen LogP contribution in [-0.2, 0) is 11.3 Å². The van der Waals surface area contributed by atoms with Crippen molar-refractivity contribution < 1.29 is 4.74 Å². The molecule has 1 atom stereocenters. The monoisotopic (exact) mass is 266 g/mol. The minimum absolute atomic E-state index is 0.487. The van der Waals surface area contributed by atoms with Gasteiger partial charge in [0, 0.05) is 39.0 Å². The molecule has 0 aliphatic carbocycles. The largest absolute Gasteiger partial charge is 0.383 e. The topological polar surface area (TPSA) is 42.3 Å². The first-order chi connectivity index (χ1) is 9.31. The average Bonchev–Trinajstić information content (AvgIpc) is 2.92. The number of hydrogen-bond donors (Lipinski definition) is 1. The predicted octanol–water partition coefficient (Wildman–Crippen LogP) is 1.28. The number of piperidine rings is 1. The lowest BCUT2D eigenvalue weighted by atomic mass is 10.0. The molecule has 1 N–H and O–H groups in total. The van der Waals surface area contributed by atoms with E-state index in [4.69, 9.17) is 4.74 Å². The Morgan fingerprint density at radius 2 is 2.37 bits per heavy atom. The Morgan fingerprint density at radius 1 is 1.47 bits per heavy atom. The number of ether oxygens (including phenoxy) is 1. The summed E-state index contributed by atoms with van der Waals surface area (Å²) < 4.78 is 7.38. The summed E-state index contributed by atoms with van der Waals surface area (Å²) in [5, 5.41) is 3.59. The normalized spacial score (nSPS) is 20.1. The van der Waals surface area contributed by atoms with E-state index >= 15 is 0 Å². The van der Waals surface area contributed by atoms with Crippen LogP contribution in [0.1, 0.15) is 31.0 Å². The number of methoxy groups -OCH3 is 1. The van der Waals surface area contributed by atoms with Crippen LogP contribution in [-0.4, -0.2) is 54.8 Å². The number of hydrogen-bond acceptors (Lipinski definition) is 4.